The summed E-state index contributed by atoms with van der Waals surface area (Å²) in [4.78, 5) is 51.7. The smallest absolute Gasteiger partial charge is 0.415 e. The van der Waals surface area contributed by atoms with Crippen molar-refractivity contribution < 1.29 is 33.8 Å². The van der Waals surface area contributed by atoms with Gasteiger partial charge in [0, 0.05) is 20.0 Å². The predicted octanol–water partition coefficient (Wildman–Crippen LogP) is 2.74. The van der Waals surface area contributed by atoms with Crippen LogP contribution in [-0.2, 0) is 36.8 Å². The van der Waals surface area contributed by atoms with Crippen LogP contribution in [0.5, 0.6) is 0 Å². The molecule has 0 spiro atoms. The highest BCUT2D eigenvalue weighted by Gasteiger charge is 2.40. The maximum atomic E-state index is 13.1. The van der Waals surface area contributed by atoms with Gasteiger partial charge in [-0.1, -0.05) is 12.1 Å². The van der Waals surface area contributed by atoms with Crippen molar-refractivity contribution in [1.82, 2.24) is 4.90 Å². The lowest BCUT2D eigenvalue weighted by Gasteiger charge is -2.32. The maximum Gasteiger partial charge on any atom is 0.415 e. The lowest BCUT2D eigenvalue weighted by Crippen LogP contribution is -2.51. The number of hydrogen-bond acceptors (Lipinski definition) is 6. The molecule has 0 saturated carbocycles. The third-order valence-electron chi connectivity index (χ3n) is 4.82. The van der Waals surface area contributed by atoms with E-state index in [4.69, 9.17) is 14.6 Å². The molecule has 1 aromatic carbocycles. The number of benzene rings is 1. The quantitative estimate of drug-likeness (QED) is 0.685. The number of anilines is 1. The minimum absolute atomic E-state index is 0.0563. The number of ether oxygens (including phenoxy) is 2. The van der Waals surface area contributed by atoms with Crippen LogP contribution in [0, 0.1) is 0 Å². The van der Waals surface area contributed by atoms with Gasteiger partial charge >= 0.3 is 18.0 Å². The van der Waals surface area contributed by atoms with Crippen molar-refractivity contribution >= 4 is 29.6 Å². The Balaban J connectivity index is 2.49. The van der Waals surface area contributed by atoms with Crippen molar-refractivity contribution in [2.75, 3.05) is 19.1 Å². The largest absolute Gasteiger partial charge is 0.481 e. The molecule has 1 N–H and O–H groups in total. The molecule has 170 valence electrons. The molecule has 9 heteroatoms. The molecule has 0 fully saturated rings. The van der Waals surface area contributed by atoms with Crippen LogP contribution in [0.1, 0.15) is 51.2 Å². The van der Waals surface area contributed by atoms with Gasteiger partial charge in [-0.3, -0.25) is 19.3 Å². The number of esters is 1. The number of rotatable bonds is 6. The van der Waals surface area contributed by atoms with Gasteiger partial charge in [0.2, 0.25) is 5.91 Å². The number of hydrogen-bond donors (Lipinski definition) is 1. The second-order valence-electron chi connectivity index (χ2n) is 8.55. The standard InChI is InChI=1S/C22H30N2O7/c1-22(2,3)31-21(29)24-16-10-9-14(7-6-8-18(25)26)11-15(16)13-23(4)20(28)17(24)12-19(27)30-5/h9-11,17H,6-8,12-13H2,1-5H3,(H,25,26). The van der Waals surface area contributed by atoms with Crippen molar-refractivity contribution in [1.29, 1.82) is 0 Å². The van der Waals surface area contributed by atoms with E-state index >= 15 is 0 Å². The van der Waals surface area contributed by atoms with Crippen molar-refractivity contribution in [2.24, 2.45) is 0 Å². The van der Waals surface area contributed by atoms with Crippen molar-refractivity contribution in [2.45, 2.75) is 64.6 Å². The number of carboxylic acid groups (broad SMARTS) is 1. The summed E-state index contributed by atoms with van der Waals surface area (Å²) in [5.74, 6) is -1.88. The highest BCUT2D eigenvalue weighted by atomic mass is 16.6. The molecule has 1 unspecified atom stereocenters. The molecule has 9 nitrogen and oxygen atoms in total. The van der Waals surface area contributed by atoms with E-state index in [-0.39, 0.29) is 19.4 Å². The molecular formula is C22H30N2O7. The first-order chi connectivity index (χ1) is 14.4. The van der Waals surface area contributed by atoms with E-state index in [2.05, 4.69) is 0 Å². The van der Waals surface area contributed by atoms with Crippen molar-refractivity contribution in [3.05, 3.63) is 29.3 Å². The molecule has 0 bridgehead atoms. The summed E-state index contributed by atoms with van der Waals surface area (Å²) in [6.07, 6.45) is 0.0446. The number of carboxylic acids is 1. The van der Waals surface area contributed by atoms with E-state index < -0.39 is 35.6 Å². The highest BCUT2D eigenvalue weighted by Crippen LogP contribution is 2.32. The van der Waals surface area contributed by atoms with Crippen LogP contribution in [0.2, 0.25) is 0 Å². The number of methoxy groups -OCH3 is 1. The normalized spacial score (nSPS) is 16.4. The van der Waals surface area contributed by atoms with Gasteiger partial charge in [-0.25, -0.2) is 4.79 Å². The molecule has 2 rings (SSSR count). The van der Waals surface area contributed by atoms with Crippen LogP contribution < -0.4 is 4.90 Å². The zero-order valence-electron chi connectivity index (χ0n) is 18.6. The number of nitrogens with zero attached hydrogens (tertiary/aromatic N) is 2. The summed E-state index contributed by atoms with van der Waals surface area (Å²) in [6.45, 7) is 5.40. The van der Waals surface area contributed by atoms with Crippen LogP contribution in [0.3, 0.4) is 0 Å². The van der Waals surface area contributed by atoms with Gasteiger partial charge < -0.3 is 19.5 Å². The van der Waals surface area contributed by atoms with Crippen LogP contribution in [0.4, 0.5) is 10.5 Å². The summed E-state index contributed by atoms with van der Waals surface area (Å²) in [5.41, 5.74) is 1.28. The van der Waals surface area contributed by atoms with Gasteiger partial charge in [-0.05, 0) is 50.8 Å². The first-order valence-electron chi connectivity index (χ1n) is 10.1. The molecule has 1 aliphatic heterocycles. The number of aryl methyl sites for hydroxylation is 1. The van der Waals surface area contributed by atoms with Gasteiger partial charge in [0.05, 0.1) is 19.2 Å². The third kappa shape index (κ3) is 6.44. The average Bonchev–Trinajstić information content (AvgIpc) is 2.75. The van der Waals surface area contributed by atoms with Crippen LogP contribution >= 0.6 is 0 Å². The van der Waals surface area contributed by atoms with Gasteiger partial charge in [0.1, 0.15) is 11.6 Å². The number of fused-ring (bicyclic) bond motifs is 1. The van der Waals surface area contributed by atoms with Gasteiger partial charge in [-0.2, -0.15) is 0 Å². The number of carbonyl (C=O) groups is 4. The molecule has 1 aromatic rings. The fourth-order valence-corrected chi connectivity index (χ4v) is 3.42. The number of likely N-dealkylation sites (N-methyl/N-ethyl adjacent to an activating group) is 1. The molecule has 1 heterocycles. The maximum absolute atomic E-state index is 13.1. The number of amides is 2. The van der Waals surface area contributed by atoms with E-state index in [1.165, 1.54) is 16.9 Å². The molecule has 1 aliphatic rings. The Labute approximate surface area is 181 Å². The third-order valence-corrected chi connectivity index (χ3v) is 4.82. The Morgan fingerprint density at radius 2 is 1.90 bits per heavy atom. The Kier molecular flexibility index (Phi) is 7.65. The minimum atomic E-state index is -1.11. The molecular weight excluding hydrogens is 404 g/mol. The zero-order chi connectivity index (χ0) is 23.3. The number of aliphatic carboxylic acids is 1. The monoisotopic (exact) mass is 434 g/mol. The molecule has 0 radical (unpaired) electrons. The molecule has 0 aromatic heterocycles. The summed E-state index contributed by atoms with van der Waals surface area (Å²) >= 11 is 0. The Morgan fingerprint density at radius 3 is 2.48 bits per heavy atom. The molecule has 1 atom stereocenters. The first-order valence-corrected chi connectivity index (χ1v) is 10.1. The lowest BCUT2D eigenvalue weighted by atomic mass is 10.0. The highest BCUT2D eigenvalue weighted by molar-refractivity contribution is 6.01. The second kappa shape index (κ2) is 9.80. The van der Waals surface area contributed by atoms with E-state index in [1.54, 1.807) is 40.0 Å². The summed E-state index contributed by atoms with van der Waals surface area (Å²) < 4.78 is 10.3. The Morgan fingerprint density at radius 1 is 1.23 bits per heavy atom. The van der Waals surface area contributed by atoms with Gasteiger partial charge in [0.25, 0.3) is 0 Å². The molecule has 0 aliphatic carbocycles. The number of carbonyl (C=O) groups excluding carboxylic acids is 3. The SMILES string of the molecule is COC(=O)CC1C(=O)N(C)Cc2cc(CCCC(=O)O)ccc2N1C(=O)OC(C)(C)C. The summed E-state index contributed by atoms with van der Waals surface area (Å²) in [6, 6.07) is 4.26. The molecule has 31 heavy (non-hydrogen) atoms. The van der Waals surface area contributed by atoms with Crippen molar-refractivity contribution in [3.8, 4) is 0 Å². The minimum Gasteiger partial charge on any atom is -0.481 e. The van der Waals surface area contributed by atoms with Crippen LogP contribution in [0.15, 0.2) is 18.2 Å². The van der Waals surface area contributed by atoms with Crippen LogP contribution in [0.25, 0.3) is 0 Å². The summed E-state index contributed by atoms with van der Waals surface area (Å²) in [7, 11) is 2.83. The van der Waals surface area contributed by atoms with E-state index in [9.17, 15) is 19.2 Å². The van der Waals surface area contributed by atoms with E-state index in [1.807, 2.05) is 6.07 Å². The fourth-order valence-electron chi connectivity index (χ4n) is 3.42. The van der Waals surface area contributed by atoms with Gasteiger partial charge in [0.15, 0.2) is 0 Å². The Bertz CT molecular complexity index is 860. The van der Waals surface area contributed by atoms with Crippen LogP contribution in [-0.4, -0.2) is 59.7 Å². The lowest BCUT2D eigenvalue weighted by molar-refractivity contribution is -0.144. The molecule has 2 amide bonds. The topological polar surface area (TPSA) is 113 Å². The fraction of sp³-hybridized carbons (Fsp3) is 0.545. The summed E-state index contributed by atoms with van der Waals surface area (Å²) in [5, 5.41) is 8.85. The second-order valence-corrected chi connectivity index (χ2v) is 8.55. The Hall–Kier alpha value is -3.10. The zero-order valence-corrected chi connectivity index (χ0v) is 18.6. The predicted molar refractivity (Wildman–Crippen MR) is 113 cm³/mol. The average molecular weight is 434 g/mol. The first kappa shape index (κ1) is 24.2. The van der Waals surface area contributed by atoms with Crippen molar-refractivity contribution in [3.63, 3.8) is 0 Å². The van der Waals surface area contributed by atoms with Gasteiger partial charge in [-0.15, -0.1) is 0 Å². The molecule has 0 saturated heterocycles. The van der Waals surface area contributed by atoms with E-state index in [0.717, 1.165) is 5.56 Å². The van der Waals surface area contributed by atoms with E-state index in [0.29, 0.717) is 24.1 Å².